The zero-order valence-corrected chi connectivity index (χ0v) is 20.6. The fourth-order valence-electron chi connectivity index (χ4n) is 5.90. The Hall–Kier alpha value is -3.04. The summed E-state index contributed by atoms with van der Waals surface area (Å²) in [6.07, 6.45) is 9.30. The molecule has 0 unspecified atom stereocenters. The number of pyridine rings is 1. The Balaban J connectivity index is 1.24. The maximum Gasteiger partial charge on any atom is 0.230 e. The standard InChI is InChI=1S/C26H34N8O/c1-18(2)32-10-12-33(13-11-32)20-6-7-23(27-16-20)30-25-28-15-19-14-21-22(35)17-29-26(8-4-3-5-9-26)34(21)24(19)31-25/h6-7,14-16,18,29H,3-5,8-13,17H2,1-2H3,(H,27,28,30,31). The lowest BCUT2D eigenvalue weighted by Gasteiger charge is -2.43. The summed E-state index contributed by atoms with van der Waals surface area (Å²) in [5.74, 6) is 1.31. The van der Waals surface area contributed by atoms with Gasteiger partial charge in [-0.2, -0.15) is 4.98 Å². The minimum atomic E-state index is -0.228. The summed E-state index contributed by atoms with van der Waals surface area (Å²) in [5.41, 5.74) is 2.46. The summed E-state index contributed by atoms with van der Waals surface area (Å²) in [6, 6.07) is 6.63. The predicted molar refractivity (Wildman–Crippen MR) is 137 cm³/mol. The minimum Gasteiger partial charge on any atom is -0.368 e. The van der Waals surface area contributed by atoms with Gasteiger partial charge in [0.1, 0.15) is 11.5 Å². The fraction of sp³-hybridized carbons (Fsp3) is 0.538. The number of carbonyl (C=O) groups excluding carboxylic acids is 1. The molecule has 5 heterocycles. The lowest BCUT2D eigenvalue weighted by atomic mass is 9.87. The molecule has 0 aromatic carbocycles. The van der Waals surface area contributed by atoms with E-state index in [0.717, 1.165) is 74.3 Å². The Morgan fingerprint density at radius 2 is 1.83 bits per heavy atom. The van der Waals surface area contributed by atoms with E-state index in [-0.39, 0.29) is 11.4 Å². The van der Waals surface area contributed by atoms with Crippen LogP contribution in [0.5, 0.6) is 0 Å². The molecule has 35 heavy (non-hydrogen) atoms. The number of nitrogens with zero attached hydrogens (tertiary/aromatic N) is 6. The summed E-state index contributed by atoms with van der Waals surface area (Å²) < 4.78 is 2.15. The first kappa shape index (κ1) is 22.4. The first-order chi connectivity index (χ1) is 17.0. The normalized spacial score (nSPS) is 20.5. The van der Waals surface area contributed by atoms with Gasteiger partial charge in [0.2, 0.25) is 5.95 Å². The highest BCUT2D eigenvalue weighted by atomic mass is 16.1. The molecule has 2 fully saturated rings. The van der Waals surface area contributed by atoms with Gasteiger partial charge in [-0.3, -0.25) is 15.0 Å². The van der Waals surface area contributed by atoms with Crippen molar-refractivity contribution in [3.8, 4) is 0 Å². The van der Waals surface area contributed by atoms with E-state index < -0.39 is 0 Å². The largest absolute Gasteiger partial charge is 0.368 e. The average Bonchev–Trinajstić information content (AvgIpc) is 3.28. The van der Waals surface area contributed by atoms with Crippen molar-refractivity contribution in [3.63, 3.8) is 0 Å². The Labute approximate surface area is 205 Å². The molecule has 9 heteroatoms. The van der Waals surface area contributed by atoms with Crippen LogP contribution in [-0.4, -0.2) is 69.0 Å². The molecule has 2 N–H and O–H groups in total. The third-order valence-electron chi connectivity index (χ3n) is 7.91. The summed E-state index contributed by atoms with van der Waals surface area (Å²) in [4.78, 5) is 31.6. The van der Waals surface area contributed by atoms with E-state index in [1.165, 1.54) is 6.42 Å². The second-order valence-corrected chi connectivity index (χ2v) is 10.3. The molecule has 1 saturated heterocycles. The van der Waals surface area contributed by atoms with Crippen molar-refractivity contribution in [2.45, 2.75) is 57.7 Å². The van der Waals surface area contributed by atoms with Crippen molar-refractivity contribution in [1.29, 1.82) is 0 Å². The molecule has 184 valence electrons. The number of piperazine rings is 1. The van der Waals surface area contributed by atoms with E-state index >= 15 is 0 Å². The molecule has 1 spiro atoms. The third kappa shape index (κ3) is 4.06. The van der Waals surface area contributed by atoms with Crippen molar-refractivity contribution in [2.24, 2.45) is 0 Å². The van der Waals surface area contributed by atoms with Crippen LogP contribution in [0.3, 0.4) is 0 Å². The Morgan fingerprint density at radius 1 is 1.03 bits per heavy atom. The van der Waals surface area contributed by atoms with Crippen molar-refractivity contribution in [1.82, 2.24) is 29.7 Å². The van der Waals surface area contributed by atoms with Crippen LogP contribution in [0.1, 0.15) is 56.4 Å². The number of fused-ring (bicyclic) bond motifs is 4. The van der Waals surface area contributed by atoms with Crippen LogP contribution < -0.4 is 15.5 Å². The number of hydrogen-bond acceptors (Lipinski definition) is 8. The fourth-order valence-corrected chi connectivity index (χ4v) is 5.90. The maximum atomic E-state index is 12.7. The molecule has 0 bridgehead atoms. The zero-order chi connectivity index (χ0) is 24.0. The van der Waals surface area contributed by atoms with Crippen LogP contribution in [0.2, 0.25) is 0 Å². The van der Waals surface area contributed by atoms with Crippen molar-refractivity contribution < 1.29 is 4.79 Å². The molecular formula is C26H34N8O. The van der Waals surface area contributed by atoms with Gasteiger partial charge >= 0.3 is 0 Å². The zero-order valence-electron chi connectivity index (χ0n) is 20.6. The Morgan fingerprint density at radius 3 is 2.54 bits per heavy atom. The lowest BCUT2D eigenvalue weighted by Crippen LogP contribution is -2.55. The van der Waals surface area contributed by atoms with Crippen molar-refractivity contribution in [2.75, 3.05) is 42.9 Å². The van der Waals surface area contributed by atoms with Gasteiger partial charge in [-0.05, 0) is 57.7 Å². The number of anilines is 3. The van der Waals surface area contributed by atoms with Gasteiger partial charge < -0.3 is 14.8 Å². The van der Waals surface area contributed by atoms with Crippen molar-refractivity contribution in [3.05, 3.63) is 36.3 Å². The van der Waals surface area contributed by atoms with Gasteiger partial charge in [0.25, 0.3) is 0 Å². The molecular weight excluding hydrogens is 440 g/mol. The van der Waals surface area contributed by atoms with Crippen LogP contribution in [-0.2, 0) is 5.66 Å². The number of nitrogens with one attached hydrogen (secondary N) is 2. The van der Waals surface area contributed by atoms with E-state index in [4.69, 9.17) is 4.98 Å². The van der Waals surface area contributed by atoms with E-state index in [1.54, 1.807) is 0 Å². The van der Waals surface area contributed by atoms with E-state index in [9.17, 15) is 4.79 Å². The van der Waals surface area contributed by atoms with Gasteiger partial charge in [-0.15, -0.1) is 0 Å². The quantitative estimate of drug-likeness (QED) is 0.594. The number of carbonyl (C=O) groups is 1. The van der Waals surface area contributed by atoms with Crippen LogP contribution in [0.15, 0.2) is 30.6 Å². The summed E-state index contributed by atoms with van der Waals surface area (Å²) >= 11 is 0. The first-order valence-electron chi connectivity index (χ1n) is 12.9. The van der Waals surface area contributed by atoms with Crippen molar-refractivity contribution >= 4 is 34.3 Å². The average molecular weight is 475 g/mol. The van der Waals surface area contributed by atoms with E-state index in [2.05, 4.69) is 54.9 Å². The Kier molecular flexibility index (Phi) is 5.69. The molecule has 3 aliphatic rings. The first-order valence-corrected chi connectivity index (χ1v) is 12.9. The van der Waals surface area contributed by atoms with Gasteiger partial charge in [0.05, 0.1) is 29.8 Å². The van der Waals surface area contributed by atoms with E-state index in [0.29, 0.717) is 24.4 Å². The number of aromatic nitrogens is 4. The van der Waals surface area contributed by atoms with Gasteiger partial charge in [-0.25, -0.2) is 9.97 Å². The van der Waals surface area contributed by atoms with Crippen LogP contribution in [0.25, 0.3) is 11.0 Å². The molecule has 6 rings (SSSR count). The second kappa shape index (κ2) is 8.87. The lowest BCUT2D eigenvalue weighted by molar-refractivity contribution is 0.0807. The monoisotopic (exact) mass is 474 g/mol. The van der Waals surface area contributed by atoms with E-state index in [1.807, 2.05) is 24.5 Å². The van der Waals surface area contributed by atoms with Crippen LogP contribution in [0, 0.1) is 0 Å². The summed E-state index contributed by atoms with van der Waals surface area (Å²) in [7, 11) is 0. The highest BCUT2D eigenvalue weighted by molar-refractivity contribution is 6.01. The predicted octanol–water partition coefficient (Wildman–Crippen LogP) is 3.50. The molecule has 9 nitrogen and oxygen atoms in total. The molecule has 0 atom stereocenters. The topological polar surface area (TPSA) is 91.2 Å². The van der Waals surface area contributed by atoms with Crippen LogP contribution >= 0.6 is 0 Å². The Bertz CT molecular complexity index is 1220. The highest BCUT2D eigenvalue weighted by Gasteiger charge is 2.41. The van der Waals surface area contributed by atoms with Crippen LogP contribution in [0.4, 0.5) is 17.5 Å². The van der Waals surface area contributed by atoms with Gasteiger partial charge in [-0.1, -0.05) is 6.42 Å². The molecule has 0 amide bonds. The number of ketones is 1. The SMILES string of the molecule is CC(C)N1CCN(c2ccc(Nc3ncc4cc5n(c4n3)C3(CCCCC3)NCC5=O)nc2)CC1. The molecule has 1 saturated carbocycles. The molecule has 1 aliphatic carbocycles. The smallest absolute Gasteiger partial charge is 0.230 e. The molecule has 2 aliphatic heterocycles. The minimum absolute atomic E-state index is 0.111. The summed E-state index contributed by atoms with van der Waals surface area (Å²) in [5, 5.41) is 7.71. The molecule has 3 aromatic heterocycles. The third-order valence-corrected chi connectivity index (χ3v) is 7.91. The number of Topliss-reactive ketones (excluding diaryl/α,β-unsaturated/α-hetero) is 1. The highest BCUT2D eigenvalue weighted by Crippen LogP contribution is 2.39. The number of rotatable bonds is 4. The van der Waals surface area contributed by atoms with Gasteiger partial charge in [0.15, 0.2) is 5.78 Å². The second-order valence-electron chi connectivity index (χ2n) is 10.3. The summed E-state index contributed by atoms with van der Waals surface area (Å²) in [6.45, 7) is 9.07. The van der Waals surface area contributed by atoms with Gasteiger partial charge in [0, 0.05) is 43.8 Å². The maximum absolute atomic E-state index is 12.7. The number of hydrogen-bond donors (Lipinski definition) is 2. The molecule has 0 radical (unpaired) electrons. The molecule has 3 aromatic rings.